The summed E-state index contributed by atoms with van der Waals surface area (Å²) in [5.41, 5.74) is 0.0864. The van der Waals surface area contributed by atoms with Crippen LogP contribution in [0.2, 0.25) is 0 Å². The van der Waals surface area contributed by atoms with E-state index in [1.54, 1.807) is 12.4 Å². The quantitative estimate of drug-likeness (QED) is 0.791. The first kappa shape index (κ1) is 14.0. The van der Waals surface area contributed by atoms with Crippen molar-refractivity contribution < 1.29 is 9.84 Å². The molecule has 0 saturated carbocycles. The van der Waals surface area contributed by atoms with E-state index in [-0.39, 0.29) is 0 Å². The van der Waals surface area contributed by atoms with Crippen LogP contribution in [0.3, 0.4) is 0 Å². The van der Waals surface area contributed by atoms with Crippen molar-refractivity contribution in [1.82, 2.24) is 4.98 Å². The number of hydrogen-bond acceptors (Lipinski definition) is 3. The molecule has 0 fully saturated rings. The maximum atomic E-state index is 10.5. The minimum atomic E-state index is -0.771. The van der Waals surface area contributed by atoms with Gasteiger partial charge in [0, 0.05) is 11.8 Å². The number of nitrogens with zero attached hydrogens (tertiary/aromatic N) is 1. The Morgan fingerprint density at radius 1 is 1.24 bits per heavy atom. The van der Waals surface area contributed by atoms with Gasteiger partial charge in [-0.05, 0) is 25.3 Å². The fourth-order valence-electron chi connectivity index (χ4n) is 1.91. The second-order valence-electron chi connectivity index (χ2n) is 4.39. The van der Waals surface area contributed by atoms with Crippen molar-refractivity contribution in [1.29, 1.82) is 0 Å². The lowest BCUT2D eigenvalue weighted by Crippen LogP contribution is -2.24. The zero-order chi connectivity index (χ0) is 12.7. The summed E-state index contributed by atoms with van der Waals surface area (Å²) in [6, 6.07) is 1.90. The lowest BCUT2D eigenvalue weighted by atomic mass is 9.88. The van der Waals surface area contributed by atoms with Crippen molar-refractivity contribution in [3.63, 3.8) is 0 Å². The van der Waals surface area contributed by atoms with Crippen LogP contribution in [0, 0.1) is 0 Å². The van der Waals surface area contributed by atoms with E-state index in [1.807, 2.05) is 13.0 Å². The highest BCUT2D eigenvalue weighted by atomic mass is 16.5. The highest BCUT2D eigenvalue weighted by Crippen LogP contribution is 2.31. The molecule has 1 aromatic rings. The van der Waals surface area contributed by atoms with Crippen LogP contribution < -0.4 is 4.74 Å². The van der Waals surface area contributed by atoms with Crippen LogP contribution in [0.5, 0.6) is 5.75 Å². The van der Waals surface area contributed by atoms with Crippen LogP contribution in [0.4, 0.5) is 0 Å². The molecule has 17 heavy (non-hydrogen) atoms. The summed E-state index contributed by atoms with van der Waals surface area (Å²) in [6.45, 7) is 6.82. The summed E-state index contributed by atoms with van der Waals surface area (Å²) in [5, 5.41) is 10.5. The monoisotopic (exact) mass is 237 g/mol. The SMILES string of the molecule is CCCOc1cncc(C(O)(CC)CCC)c1. The fourth-order valence-corrected chi connectivity index (χ4v) is 1.91. The lowest BCUT2D eigenvalue weighted by molar-refractivity contribution is 0.0220. The molecule has 1 rings (SSSR count). The Morgan fingerprint density at radius 3 is 2.59 bits per heavy atom. The van der Waals surface area contributed by atoms with Crippen LogP contribution >= 0.6 is 0 Å². The van der Waals surface area contributed by atoms with Gasteiger partial charge in [0.2, 0.25) is 0 Å². The first-order chi connectivity index (χ1) is 8.16. The van der Waals surface area contributed by atoms with E-state index in [9.17, 15) is 5.11 Å². The van der Waals surface area contributed by atoms with Crippen LogP contribution in [-0.2, 0) is 5.60 Å². The first-order valence-corrected chi connectivity index (χ1v) is 6.47. The molecular weight excluding hydrogens is 214 g/mol. The number of aliphatic hydroxyl groups is 1. The standard InChI is InChI=1S/C14H23NO2/c1-4-7-14(16,6-3)12-9-13(11-15-10-12)17-8-5-2/h9-11,16H,4-8H2,1-3H3. The van der Waals surface area contributed by atoms with Gasteiger partial charge < -0.3 is 9.84 Å². The summed E-state index contributed by atoms with van der Waals surface area (Å²) in [7, 11) is 0. The zero-order valence-corrected chi connectivity index (χ0v) is 11.1. The molecule has 0 aliphatic heterocycles. The summed E-state index contributed by atoms with van der Waals surface area (Å²) >= 11 is 0. The number of pyridine rings is 1. The van der Waals surface area contributed by atoms with Crippen LogP contribution in [0.25, 0.3) is 0 Å². The predicted molar refractivity (Wildman–Crippen MR) is 69.1 cm³/mol. The normalized spacial score (nSPS) is 14.4. The van der Waals surface area contributed by atoms with Gasteiger partial charge in [-0.2, -0.15) is 0 Å². The molecular formula is C14H23NO2. The van der Waals surface area contributed by atoms with Gasteiger partial charge in [-0.1, -0.05) is 27.2 Å². The van der Waals surface area contributed by atoms with E-state index in [0.717, 1.165) is 30.6 Å². The van der Waals surface area contributed by atoms with Crippen molar-refractivity contribution in [3.05, 3.63) is 24.0 Å². The summed E-state index contributed by atoms with van der Waals surface area (Å²) in [4.78, 5) is 4.15. The van der Waals surface area contributed by atoms with Gasteiger partial charge in [-0.15, -0.1) is 0 Å². The zero-order valence-electron chi connectivity index (χ0n) is 11.1. The van der Waals surface area contributed by atoms with E-state index < -0.39 is 5.60 Å². The molecule has 96 valence electrons. The highest BCUT2D eigenvalue weighted by molar-refractivity contribution is 5.28. The van der Waals surface area contributed by atoms with Gasteiger partial charge in [-0.25, -0.2) is 0 Å². The van der Waals surface area contributed by atoms with Crippen LogP contribution in [0.15, 0.2) is 18.5 Å². The van der Waals surface area contributed by atoms with E-state index >= 15 is 0 Å². The van der Waals surface area contributed by atoms with Crippen LogP contribution in [-0.4, -0.2) is 16.7 Å². The van der Waals surface area contributed by atoms with Gasteiger partial charge in [-0.3, -0.25) is 4.98 Å². The number of aromatic nitrogens is 1. The topological polar surface area (TPSA) is 42.4 Å². The molecule has 1 atom stereocenters. The van der Waals surface area contributed by atoms with E-state index in [0.29, 0.717) is 13.0 Å². The van der Waals surface area contributed by atoms with Crippen molar-refractivity contribution in [2.45, 2.75) is 52.1 Å². The van der Waals surface area contributed by atoms with Crippen molar-refractivity contribution in [3.8, 4) is 5.75 Å². The van der Waals surface area contributed by atoms with E-state index in [2.05, 4.69) is 18.8 Å². The van der Waals surface area contributed by atoms with E-state index in [1.165, 1.54) is 0 Å². The third-order valence-electron chi connectivity index (χ3n) is 2.97. The van der Waals surface area contributed by atoms with Gasteiger partial charge in [0.25, 0.3) is 0 Å². The van der Waals surface area contributed by atoms with E-state index in [4.69, 9.17) is 4.74 Å². The molecule has 1 unspecified atom stereocenters. The Balaban J connectivity index is 2.88. The van der Waals surface area contributed by atoms with Crippen LogP contribution in [0.1, 0.15) is 52.0 Å². The number of ether oxygens (including phenoxy) is 1. The predicted octanol–water partition coefficient (Wildman–Crippen LogP) is 3.27. The molecule has 1 aromatic heterocycles. The fraction of sp³-hybridized carbons (Fsp3) is 0.643. The molecule has 1 heterocycles. The second kappa shape index (κ2) is 6.60. The average Bonchev–Trinajstić information content (AvgIpc) is 2.37. The van der Waals surface area contributed by atoms with Gasteiger partial charge in [0.15, 0.2) is 0 Å². The summed E-state index contributed by atoms with van der Waals surface area (Å²) in [6.07, 6.45) is 6.79. The molecule has 3 nitrogen and oxygen atoms in total. The molecule has 3 heteroatoms. The Kier molecular flexibility index (Phi) is 5.42. The third-order valence-corrected chi connectivity index (χ3v) is 2.97. The molecule has 0 spiro atoms. The van der Waals surface area contributed by atoms with Crippen molar-refractivity contribution >= 4 is 0 Å². The lowest BCUT2D eigenvalue weighted by Gasteiger charge is -2.26. The van der Waals surface area contributed by atoms with Gasteiger partial charge in [0.1, 0.15) is 5.75 Å². The largest absolute Gasteiger partial charge is 0.492 e. The first-order valence-electron chi connectivity index (χ1n) is 6.47. The molecule has 0 bridgehead atoms. The Hall–Kier alpha value is -1.09. The maximum absolute atomic E-state index is 10.5. The second-order valence-corrected chi connectivity index (χ2v) is 4.39. The Morgan fingerprint density at radius 2 is 2.00 bits per heavy atom. The molecule has 0 aromatic carbocycles. The van der Waals surface area contributed by atoms with Crippen molar-refractivity contribution in [2.75, 3.05) is 6.61 Å². The number of hydrogen-bond donors (Lipinski definition) is 1. The maximum Gasteiger partial charge on any atom is 0.137 e. The summed E-state index contributed by atoms with van der Waals surface area (Å²) in [5.74, 6) is 0.743. The molecule has 0 saturated heterocycles. The van der Waals surface area contributed by atoms with Gasteiger partial charge >= 0.3 is 0 Å². The molecule has 1 N–H and O–H groups in total. The smallest absolute Gasteiger partial charge is 0.137 e. The summed E-state index contributed by atoms with van der Waals surface area (Å²) < 4.78 is 5.54. The molecule has 0 aliphatic rings. The minimum absolute atomic E-state index is 0.684. The van der Waals surface area contributed by atoms with Gasteiger partial charge in [0.05, 0.1) is 18.4 Å². The molecule has 0 radical (unpaired) electrons. The average molecular weight is 237 g/mol. The molecule has 0 amide bonds. The third kappa shape index (κ3) is 3.70. The highest BCUT2D eigenvalue weighted by Gasteiger charge is 2.26. The molecule has 0 aliphatic carbocycles. The Bertz CT molecular complexity index is 341. The Labute approximate surface area is 104 Å². The van der Waals surface area contributed by atoms with Crippen molar-refractivity contribution in [2.24, 2.45) is 0 Å². The minimum Gasteiger partial charge on any atom is -0.492 e. The number of rotatable bonds is 7.